The largest absolute Gasteiger partial charge is 0.336 e. The van der Waals surface area contributed by atoms with Crippen molar-refractivity contribution < 1.29 is 13.2 Å². The number of hydrogen-bond acceptors (Lipinski definition) is 4. The van der Waals surface area contributed by atoms with E-state index >= 15 is 0 Å². The van der Waals surface area contributed by atoms with Gasteiger partial charge in [0.25, 0.3) is 0 Å². The number of amides is 1. The maximum atomic E-state index is 12.7. The number of carbonyl (C=O) groups is 1. The Morgan fingerprint density at radius 2 is 1.58 bits per heavy atom. The van der Waals surface area contributed by atoms with Crippen molar-refractivity contribution in [3.05, 3.63) is 30.3 Å². The molecule has 2 aliphatic heterocycles. The SMILES string of the molecule is C[C@H]1CCC[C@H](C)N1C(=O)CN1CCN(S(=O)(=O)c2ccccc2)CC1. The van der Waals surface area contributed by atoms with Crippen LogP contribution in [0.25, 0.3) is 0 Å². The number of piperidine rings is 1. The van der Waals surface area contributed by atoms with Crippen LogP contribution in [0.1, 0.15) is 33.1 Å². The summed E-state index contributed by atoms with van der Waals surface area (Å²) < 4.78 is 26.9. The number of sulfonamides is 1. The molecule has 0 radical (unpaired) electrons. The van der Waals surface area contributed by atoms with Crippen LogP contribution in [0, 0.1) is 0 Å². The third-order valence-electron chi connectivity index (χ3n) is 5.55. The highest BCUT2D eigenvalue weighted by molar-refractivity contribution is 7.89. The van der Waals surface area contributed by atoms with Gasteiger partial charge in [-0.1, -0.05) is 18.2 Å². The van der Waals surface area contributed by atoms with Crippen molar-refractivity contribution in [3.63, 3.8) is 0 Å². The van der Waals surface area contributed by atoms with E-state index < -0.39 is 10.0 Å². The Morgan fingerprint density at radius 3 is 2.15 bits per heavy atom. The molecule has 2 atom stereocenters. The first-order valence-electron chi connectivity index (χ1n) is 9.48. The highest BCUT2D eigenvalue weighted by Crippen LogP contribution is 2.23. The molecule has 1 amide bonds. The van der Waals surface area contributed by atoms with Gasteiger partial charge in [-0.2, -0.15) is 4.31 Å². The lowest BCUT2D eigenvalue weighted by Crippen LogP contribution is -2.54. The maximum absolute atomic E-state index is 12.7. The molecule has 0 aromatic heterocycles. The third kappa shape index (κ3) is 4.10. The zero-order valence-corrected chi connectivity index (χ0v) is 16.5. The smallest absolute Gasteiger partial charge is 0.243 e. The summed E-state index contributed by atoms with van der Waals surface area (Å²) in [6, 6.07) is 9.14. The lowest BCUT2D eigenvalue weighted by atomic mass is 9.97. The summed E-state index contributed by atoms with van der Waals surface area (Å²) in [6.07, 6.45) is 3.32. The fraction of sp³-hybridized carbons (Fsp3) is 0.632. The van der Waals surface area contributed by atoms with Crippen LogP contribution in [-0.2, 0) is 14.8 Å². The molecule has 2 saturated heterocycles. The van der Waals surface area contributed by atoms with E-state index in [0.717, 1.165) is 12.8 Å². The highest BCUT2D eigenvalue weighted by Gasteiger charge is 2.32. The van der Waals surface area contributed by atoms with Gasteiger partial charge in [-0.3, -0.25) is 9.69 Å². The molecule has 7 heteroatoms. The number of piperazine rings is 1. The van der Waals surface area contributed by atoms with E-state index in [2.05, 4.69) is 18.7 Å². The Kier molecular flexibility index (Phi) is 5.99. The fourth-order valence-electron chi connectivity index (χ4n) is 4.06. The zero-order chi connectivity index (χ0) is 18.7. The second kappa shape index (κ2) is 8.06. The number of rotatable bonds is 4. The minimum absolute atomic E-state index is 0.170. The molecular weight excluding hydrogens is 350 g/mol. The monoisotopic (exact) mass is 379 g/mol. The summed E-state index contributed by atoms with van der Waals surface area (Å²) >= 11 is 0. The molecule has 6 nitrogen and oxygen atoms in total. The van der Waals surface area contributed by atoms with Crippen LogP contribution in [0.15, 0.2) is 35.2 Å². The van der Waals surface area contributed by atoms with Crippen LogP contribution in [0.5, 0.6) is 0 Å². The molecule has 2 fully saturated rings. The third-order valence-corrected chi connectivity index (χ3v) is 7.47. The van der Waals surface area contributed by atoms with Gasteiger partial charge in [0.05, 0.1) is 11.4 Å². The standard InChI is InChI=1S/C19H29N3O3S/c1-16-7-6-8-17(2)22(16)19(23)15-20-11-13-21(14-12-20)26(24,25)18-9-4-3-5-10-18/h3-5,9-10,16-17H,6-8,11-15H2,1-2H3/t16-,17-/m0/s1. The van der Waals surface area contributed by atoms with Crippen LogP contribution in [0.3, 0.4) is 0 Å². The predicted octanol–water partition coefficient (Wildman–Crippen LogP) is 1.78. The number of hydrogen-bond donors (Lipinski definition) is 0. The summed E-state index contributed by atoms with van der Waals surface area (Å²) in [7, 11) is -3.44. The van der Waals surface area contributed by atoms with E-state index in [9.17, 15) is 13.2 Å². The van der Waals surface area contributed by atoms with Crippen LogP contribution in [0.4, 0.5) is 0 Å². The number of nitrogens with zero attached hydrogens (tertiary/aromatic N) is 3. The number of carbonyl (C=O) groups excluding carboxylic acids is 1. The molecule has 1 aromatic carbocycles. The Labute approximate surface area is 156 Å². The van der Waals surface area contributed by atoms with Gasteiger partial charge < -0.3 is 4.90 Å². The van der Waals surface area contributed by atoms with Crippen LogP contribution < -0.4 is 0 Å². The molecule has 144 valence electrons. The molecule has 0 aliphatic carbocycles. The molecule has 2 heterocycles. The number of likely N-dealkylation sites (tertiary alicyclic amines) is 1. The lowest BCUT2D eigenvalue weighted by molar-refractivity contribution is -0.138. The Balaban J connectivity index is 1.56. The Hall–Kier alpha value is -1.44. The van der Waals surface area contributed by atoms with Crippen LogP contribution >= 0.6 is 0 Å². The minimum Gasteiger partial charge on any atom is -0.336 e. The van der Waals surface area contributed by atoms with E-state index in [0.29, 0.717) is 49.7 Å². The highest BCUT2D eigenvalue weighted by atomic mass is 32.2. The first-order valence-corrected chi connectivity index (χ1v) is 10.9. The average molecular weight is 380 g/mol. The Morgan fingerprint density at radius 1 is 1.00 bits per heavy atom. The first-order chi connectivity index (χ1) is 12.4. The quantitative estimate of drug-likeness (QED) is 0.800. The minimum atomic E-state index is -3.44. The van der Waals surface area contributed by atoms with Gasteiger partial charge in [-0.05, 0) is 45.2 Å². The molecular formula is C19H29N3O3S. The molecule has 2 aliphatic rings. The topological polar surface area (TPSA) is 60.9 Å². The Bertz CT molecular complexity index is 705. The van der Waals surface area contributed by atoms with Gasteiger partial charge in [0.2, 0.25) is 15.9 Å². The summed E-state index contributed by atoms with van der Waals surface area (Å²) in [5.41, 5.74) is 0. The lowest BCUT2D eigenvalue weighted by Gasteiger charge is -2.41. The van der Waals surface area contributed by atoms with Crippen molar-refractivity contribution in [2.24, 2.45) is 0 Å². The summed E-state index contributed by atoms with van der Waals surface area (Å²) in [5.74, 6) is 0.170. The molecule has 0 N–H and O–H groups in total. The van der Waals surface area contributed by atoms with Gasteiger partial charge in [0.15, 0.2) is 0 Å². The van der Waals surface area contributed by atoms with Crippen molar-refractivity contribution in [2.75, 3.05) is 32.7 Å². The second-order valence-electron chi connectivity index (χ2n) is 7.42. The fourth-order valence-corrected chi connectivity index (χ4v) is 5.50. The molecule has 0 unspecified atom stereocenters. The molecule has 1 aromatic rings. The van der Waals surface area contributed by atoms with E-state index in [-0.39, 0.29) is 5.91 Å². The summed E-state index contributed by atoms with van der Waals surface area (Å²) in [5, 5.41) is 0. The van der Waals surface area contributed by atoms with Gasteiger partial charge >= 0.3 is 0 Å². The maximum Gasteiger partial charge on any atom is 0.243 e. The van der Waals surface area contributed by atoms with E-state index in [4.69, 9.17) is 0 Å². The van der Waals surface area contributed by atoms with E-state index in [1.807, 2.05) is 11.0 Å². The van der Waals surface area contributed by atoms with E-state index in [1.54, 1.807) is 24.3 Å². The molecule has 0 bridgehead atoms. The van der Waals surface area contributed by atoms with Gasteiger partial charge in [-0.15, -0.1) is 0 Å². The van der Waals surface area contributed by atoms with Crippen LogP contribution in [-0.4, -0.2) is 73.2 Å². The van der Waals surface area contributed by atoms with Crippen molar-refractivity contribution in [3.8, 4) is 0 Å². The van der Waals surface area contributed by atoms with Crippen molar-refractivity contribution in [2.45, 2.75) is 50.1 Å². The van der Waals surface area contributed by atoms with Crippen molar-refractivity contribution in [1.29, 1.82) is 0 Å². The summed E-state index contributed by atoms with van der Waals surface area (Å²) in [4.78, 5) is 17.2. The van der Waals surface area contributed by atoms with Gasteiger partial charge in [0, 0.05) is 38.3 Å². The summed E-state index contributed by atoms with van der Waals surface area (Å²) in [6.45, 7) is 6.66. The zero-order valence-electron chi connectivity index (χ0n) is 15.7. The van der Waals surface area contributed by atoms with Crippen molar-refractivity contribution in [1.82, 2.24) is 14.1 Å². The normalized spacial score (nSPS) is 26.0. The first kappa shape index (κ1) is 19.3. The van der Waals surface area contributed by atoms with Crippen molar-refractivity contribution >= 4 is 15.9 Å². The second-order valence-corrected chi connectivity index (χ2v) is 9.36. The van der Waals surface area contributed by atoms with E-state index in [1.165, 1.54) is 10.7 Å². The average Bonchev–Trinajstić information content (AvgIpc) is 2.63. The van der Waals surface area contributed by atoms with Gasteiger partial charge in [-0.25, -0.2) is 8.42 Å². The molecule has 0 spiro atoms. The molecule has 26 heavy (non-hydrogen) atoms. The molecule has 0 saturated carbocycles. The predicted molar refractivity (Wildman–Crippen MR) is 101 cm³/mol. The van der Waals surface area contributed by atoms with Gasteiger partial charge in [0.1, 0.15) is 0 Å². The molecule has 3 rings (SSSR count). The number of benzene rings is 1. The van der Waals surface area contributed by atoms with Crippen LogP contribution in [0.2, 0.25) is 0 Å².